The second-order valence-corrected chi connectivity index (χ2v) is 3.13. The lowest BCUT2D eigenvalue weighted by molar-refractivity contribution is 0.422. The van der Waals surface area contributed by atoms with E-state index in [9.17, 15) is 0 Å². The largest absolute Gasteiger partial charge is 0.363 e. The first-order valence-corrected chi connectivity index (χ1v) is 4.53. The van der Waals surface area contributed by atoms with Crippen LogP contribution in [0.1, 0.15) is 0 Å². The van der Waals surface area contributed by atoms with Crippen LogP contribution in [0.15, 0.2) is 41.4 Å². The summed E-state index contributed by atoms with van der Waals surface area (Å²) in [6, 6.07) is 5.75. The maximum absolute atomic E-state index is 4.98. The van der Waals surface area contributed by atoms with E-state index in [0.717, 1.165) is 22.6 Å². The number of H-pyrrole nitrogens is 2. The number of aromatic nitrogens is 4. The van der Waals surface area contributed by atoms with Crippen LogP contribution >= 0.6 is 0 Å². The molecule has 5 nitrogen and oxygen atoms in total. The zero-order valence-electron chi connectivity index (χ0n) is 7.77. The second-order valence-electron chi connectivity index (χ2n) is 3.13. The number of hydrogen-bond donors (Lipinski definition) is 2. The van der Waals surface area contributed by atoms with Crippen molar-refractivity contribution in [2.75, 3.05) is 0 Å². The fourth-order valence-corrected chi connectivity index (χ4v) is 1.51. The highest BCUT2D eigenvalue weighted by Crippen LogP contribution is 2.28. The molecule has 0 saturated heterocycles. The van der Waals surface area contributed by atoms with Gasteiger partial charge in [0.2, 0.25) is 0 Å². The van der Waals surface area contributed by atoms with E-state index in [1.54, 1.807) is 12.5 Å². The molecule has 0 unspecified atom stereocenters. The lowest BCUT2D eigenvalue weighted by Crippen LogP contribution is -1.82. The number of aromatic amines is 2. The average Bonchev–Trinajstić information content (AvgIpc) is 3.01. The molecule has 3 aromatic rings. The Labute approximate surface area is 85.1 Å². The first-order valence-electron chi connectivity index (χ1n) is 4.53. The van der Waals surface area contributed by atoms with Crippen LogP contribution in [0.2, 0.25) is 0 Å². The normalized spacial score (nSPS) is 10.7. The van der Waals surface area contributed by atoms with Crippen molar-refractivity contribution in [1.82, 2.24) is 20.3 Å². The minimum Gasteiger partial charge on any atom is -0.363 e. The average molecular weight is 200 g/mol. The van der Waals surface area contributed by atoms with Gasteiger partial charge in [-0.25, -0.2) is 0 Å². The van der Waals surface area contributed by atoms with E-state index >= 15 is 0 Å². The Morgan fingerprint density at radius 1 is 1.20 bits per heavy atom. The molecule has 0 aliphatic heterocycles. The zero-order valence-corrected chi connectivity index (χ0v) is 7.77. The molecule has 0 saturated carbocycles. The fourth-order valence-electron chi connectivity index (χ4n) is 1.51. The maximum Gasteiger partial charge on any atom is 0.140 e. The van der Waals surface area contributed by atoms with Crippen LogP contribution in [0.4, 0.5) is 0 Å². The van der Waals surface area contributed by atoms with Crippen LogP contribution < -0.4 is 0 Å². The van der Waals surface area contributed by atoms with Crippen molar-refractivity contribution < 1.29 is 4.52 Å². The molecule has 0 aliphatic rings. The fraction of sp³-hybridized carbons (Fsp3) is 0. The third kappa shape index (κ3) is 1.25. The topological polar surface area (TPSA) is 70.5 Å². The van der Waals surface area contributed by atoms with E-state index in [-0.39, 0.29) is 0 Å². The van der Waals surface area contributed by atoms with Crippen LogP contribution in [-0.2, 0) is 0 Å². The molecule has 15 heavy (non-hydrogen) atoms. The van der Waals surface area contributed by atoms with Gasteiger partial charge in [-0.3, -0.25) is 5.10 Å². The summed E-state index contributed by atoms with van der Waals surface area (Å²) in [6.45, 7) is 0. The number of nitrogens with one attached hydrogen (secondary N) is 2. The minimum absolute atomic E-state index is 0.759. The number of hydrogen-bond acceptors (Lipinski definition) is 3. The predicted octanol–water partition coefficient (Wildman–Crippen LogP) is 2.06. The van der Waals surface area contributed by atoms with E-state index in [0.29, 0.717) is 0 Å². The molecule has 3 aromatic heterocycles. The summed E-state index contributed by atoms with van der Waals surface area (Å²) in [5, 5.41) is 10.7. The molecule has 0 atom stereocenters. The lowest BCUT2D eigenvalue weighted by Gasteiger charge is -1.94. The van der Waals surface area contributed by atoms with E-state index in [4.69, 9.17) is 4.52 Å². The first kappa shape index (κ1) is 8.05. The first-order chi connectivity index (χ1) is 7.45. The van der Waals surface area contributed by atoms with Crippen molar-refractivity contribution in [2.45, 2.75) is 0 Å². The molecule has 0 radical (unpaired) electrons. The Kier molecular flexibility index (Phi) is 1.68. The maximum atomic E-state index is 4.98. The molecule has 0 bridgehead atoms. The molecule has 3 heterocycles. The summed E-state index contributed by atoms with van der Waals surface area (Å²) >= 11 is 0. The molecule has 3 rings (SSSR count). The van der Waals surface area contributed by atoms with Gasteiger partial charge in [-0.05, 0) is 18.2 Å². The highest BCUT2D eigenvalue weighted by atomic mass is 16.5. The van der Waals surface area contributed by atoms with Crippen molar-refractivity contribution in [1.29, 1.82) is 0 Å². The van der Waals surface area contributed by atoms with Crippen LogP contribution in [-0.4, -0.2) is 20.3 Å². The summed E-state index contributed by atoms with van der Waals surface area (Å²) in [6.07, 6.45) is 5.16. The Bertz CT molecular complexity index is 487. The SMILES string of the molecule is c1c[nH]c(-c2conc2-c2ccn[nH]2)c1. The van der Waals surface area contributed by atoms with E-state index in [2.05, 4.69) is 20.3 Å². The van der Waals surface area contributed by atoms with Crippen LogP contribution in [0, 0.1) is 0 Å². The third-order valence-electron chi connectivity index (χ3n) is 2.21. The number of rotatable bonds is 2. The molecule has 0 aromatic carbocycles. The minimum atomic E-state index is 0.759. The molecule has 0 fully saturated rings. The van der Waals surface area contributed by atoms with Crippen LogP contribution in [0.3, 0.4) is 0 Å². The molecule has 74 valence electrons. The lowest BCUT2D eigenvalue weighted by atomic mass is 10.1. The van der Waals surface area contributed by atoms with E-state index in [1.807, 2.05) is 24.4 Å². The highest BCUT2D eigenvalue weighted by molar-refractivity contribution is 5.75. The Balaban J connectivity index is 2.15. The zero-order chi connectivity index (χ0) is 10.1. The van der Waals surface area contributed by atoms with Gasteiger partial charge >= 0.3 is 0 Å². The predicted molar refractivity (Wildman–Crippen MR) is 53.9 cm³/mol. The van der Waals surface area contributed by atoms with Crippen molar-refractivity contribution >= 4 is 0 Å². The van der Waals surface area contributed by atoms with Crippen molar-refractivity contribution in [3.8, 4) is 22.6 Å². The molecule has 0 amide bonds. The molecule has 0 spiro atoms. The van der Waals surface area contributed by atoms with Crippen molar-refractivity contribution in [3.05, 3.63) is 36.9 Å². The summed E-state index contributed by atoms with van der Waals surface area (Å²) in [7, 11) is 0. The Morgan fingerprint density at radius 2 is 2.20 bits per heavy atom. The molecule has 5 heteroatoms. The second kappa shape index (κ2) is 3.13. The Hall–Kier alpha value is -2.30. The third-order valence-corrected chi connectivity index (χ3v) is 2.21. The monoisotopic (exact) mass is 200 g/mol. The van der Waals surface area contributed by atoms with Gasteiger partial charge in [-0.1, -0.05) is 5.16 Å². The van der Waals surface area contributed by atoms with Gasteiger partial charge in [-0.15, -0.1) is 0 Å². The van der Waals surface area contributed by atoms with Gasteiger partial charge < -0.3 is 9.51 Å². The summed E-state index contributed by atoms with van der Waals surface area (Å²) < 4.78 is 4.98. The van der Waals surface area contributed by atoms with Crippen molar-refractivity contribution in [3.63, 3.8) is 0 Å². The smallest absolute Gasteiger partial charge is 0.140 e. The van der Waals surface area contributed by atoms with Gasteiger partial charge in [0.05, 0.1) is 17.0 Å². The Morgan fingerprint density at radius 3 is 2.93 bits per heavy atom. The summed E-state index contributed by atoms with van der Waals surface area (Å²) in [5.41, 5.74) is 3.49. The molecular weight excluding hydrogens is 192 g/mol. The van der Waals surface area contributed by atoms with E-state index in [1.165, 1.54) is 0 Å². The van der Waals surface area contributed by atoms with Gasteiger partial charge in [0.25, 0.3) is 0 Å². The van der Waals surface area contributed by atoms with Crippen LogP contribution in [0.25, 0.3) is 22.6 Å². The molecule has 0 aliphatic carbocycles. The van der Waals surface area contributed by atoms with E-state index < -0.39 is 0 Å². The van der Waals surface area contributed by atoms with Gasteiger partial charge in [0.15, 0.2) is 0 Å². The number of nitrogens with zero attached hydrogens (tertiary/aromatic N) is 2. The van der Waals surface area contributed by atoms with Crippen molar-refractivity contribution in [2.24, 2.45) is 0 Å². The van der Waals surface area contributed by atoms with Gasteiger partial charge in [0.1, 0.15) is 12.0 Å². The summed E-state index contributed by atoms with van der Waals surface area (Å²) in [4.78, 5) is 3.11. The van der Waals surface area contributed by atoms with Crippen LogP contribution in [0.5, 0.6) is 0 Å². The quantitative estimate of drug-likeness (QED) is 0.665. The molecular formula is C10H8N4O. The van der Waals surface area contributed by atoms with Gasteiger partial charge in [-0.2, -0.15) is 5.10 Å². The molecule has 2 N–H and O–H groups in total. The summed E-state index contributed by atoms with van der Waals surface area (Å²) in [5.74, 6) is 0. The van der Waals surface area contributed by atoms with Gasteiger partial charge in [0, 0.05) is 12.4 Å². The standard InChI is InChI=1S/C10H8N4O/c1-2-8(11-4-1)7-6-15-14-10(7)9-3-5-12-13-9/h1-6,11H,(H,12,13). The highest BCUT2D eigenvalue weighted by Gasteiger charge is 2.13.